The molecule has 0 radical (unpaired) electrons. The van der Waals surface area contributed by atoms with E-state index in [1.165, 1.54) is 45.0 Å². The van der Waals surface area contributed by atoms with E-state index < -0.39 is 145 Å². The van der Waals surface area contributed by atoms with Crippen molar-refractivity contribution in [3.63, 3.8) is 0 Å². The number of allylic oxidation sites excluding steroid dienone is 2. The lowest BCUT2D eigenvalue weighted by Crippen LogP contribution is -2.63. The Morgan fingerprint density at radius 3 is 1.66 bits per heavy atom. The summed E-state index contributed by atoms with van der Waals surface area (Å²) in [5.41, 5.74) is 6.27. The van der Waals surface area contributed by atoms with Crippen LogP contribution in [0, 0.1) is 23.7 Å². The number of amides is 7. The molecule has 5 aromatic carbocycles. The second-order valence-electron chi connectivity index (χ2n) is 31.6. The van der Waals surface area contributed by atoms with E-state index in [1.807, 2.05) is 165 Å². The quantitative estimate of drug-likeness (QED) is 0.0107. The molecular weight excluding hydrogens is 1390 g/mol. The summed E-state index contributed by atoms with van der Waals surface area (Å²) >= 11 is 0. The van der Waals surface area contributed by atoms with Crippen molar-refractivity contribution in [3.05, 3.63) is 192 Å². The standard InChI is InChI=1S/C85H114N8O14Si/c1-22-85(14,15)93-48-64(63-43-33-34-44-66(63)93)74(107-108(20,21)84(11,12)13)71(80(99)92(17)68(47-54(8)49-105-81(100)58-37-27-24-28-38-58)76(95)86-56(10)75(94)89-72(82(101)104-19)73(103-18)57-35-25-23-26-36-57)88-78(97)70(55(9)45-51(2)3)87-77(96)67(46-52(4)5)91(16)79(98)69(53(6)7)90-83(102)106-50-65-61-41-31-29-39-59(61)60-40-30-32-42-62(60)65/h22-45,48,52-56,65,67-74H,1,46-47,49-50H2,2-21H3,(H,86,95)(H,87,96)(H,88,97)(H,89,94)(H,90,102)/t54-,55-,56+,67+,68+,69+,70+,71+,72+,73-,74-/m1/s1. The van der Waals surface area contributed by atoms with Crippen molar-refractivity contribution in [1.82, 2.24) is 41.0 Å². The number of aromatic nitrogens is 1. The van der Waals surface area contributed by atoms with Crippen LogP contribution in [0.4, 0.5) is 4.79 Å². The largest absolute Gasteiger partial charge is 0.467 e. The summed E-state index contributed by atoms with van der Waals surface area (Å²) in [5.74, 6) is -8.42. The van der Waals surface area contributed by atoms with Crippen molar-refractivity contribution in [2.75, 3.05) is 41.5 Å². The molecule has 1 aliphatic carbocycles. The highest BCUT2D eigenvalue weighted by Crippen LogP contribution is 2.46. The third kappa shape index (κ3) is 20.9. The van der Waals surface area contributed by atoms with Gasteiger partial charge in [0.2, 0.25) is 35.4 Å². The van der Waals surface area contributed by atoms with Gasteiger partial charge >= 0.3 is 18.0 Å². The minimum atomic E-state index is -3.13. The molecule has 23 heteroatoms. The fraction of sp³-hybridized carbons (Fsp3) is 0.471. The first-order valence-electron chi connectivity index (χ1n) is 37.2. The first kappa shape index (κ1) is 85.5. The van der Waals surface area contributed by atoms with Crippen LogP contribution in [0.5, 0.6) is 0 Å². The average molecular weight is 1500 g/mol. The van der Waals surface area contributed by atoms with Crippen molar-refractivity contribution in [2.45, 2.75) is 194 Å². The lowest BCUT2D eigenvalue weighted by Gasteiger charge is -2.43. The highest BCUT2D eigenvalue weighted by atomic mass is 28.4. The van der Waals surface area contributed by atoms with E-state index in [9.17, 15) is 19.2 Å². The molecule has 6 aromatic rings. The topological polar surface area (TPSA) is 271 Å². The highest BCUT2D eigenvalue weighted by Gasteiger charge is 2.48. The van der Waals surface area contributed by atoms with Crippen LogP contribution < -0.4 is 26.6 Å². The molecule has 1 aromatic heterocycles. The summed E-state index contributed by atoms with van der Waals surface area (Å²) in [7, 11) is 2.33. The van der Waals surface area contributed by atoms with Gasteiger partial charge in [0.05, 0.1) is 24.8 Å². The van der Waals surface area contributed by atoms with Gasteiger partial charge in [0, 0.05) is 55.7 Å². The molecule has 1 heterocycles. The van der Waals surface area contributed by atoms with Gasteiger partial charge in [0.25, 0.3) is 0 Å². The zero-order chi connectivity index (χ0) is 79.9. The van der Waals surface area contributed by atoms with Gasteiger partial charge in [-0.3, -0.25) is 28.8 Å². The smallest absolute Gasteiger partial charge is 0.407 e. The summed E-state index contributed by atoms with van der Waals surface area (Å²) < 4.78 is 32.3. The van der Waals surface area contributed by atoms with E-state index in [2.05, 4.69) is 33.2 Å². The molecule has 582 valence electrons. The maximum Gasteiger partial charge on any atom is 0.407 e. The number of rotatable bonds is 35. The number of nitrogens with one attached hydrogen (secondary N) is 5. The molecule has 0 fully saturated rings. The Kier molecular flexibility index (Phi) is 29.6. The lowest BCUT2D eigenvalue weighted by molar-refractivity contribution is -0.150. The number of esters is 2. The molecule has 22 nitrogen and oxygen atoms in total. The van der Waals surface area contributed by atoms with Gasteiger partial charge in [0.1, 0.15) is 55.1 Å². The minimum Gasteiger partial charge on any atom is -0.467 e. The van der Waals surface area contributed by atoms with E-state index in [0.29, 0.717) is 16.5 Å². The summed E-state index contributed by atoms with van der Waals surface area (Å²) in [6.45, 7) is 34.0. The highest BCUT2D eigenvalue weighted by molar-refractivity contribution is 6.74. The van der Waals surface area contributed by atoms with Crippen molar-refractivity contribution in [2.24, 2.45) is 23.7 Å². The van der Waals surface area contributed by atoms with Crippen LogP contribution in [0.25, 0.3) is 22.0 Å². The van der Waals surface area contributed by atoms with Crippen LogP contribution in [0.2, 0.25) is 18.1 Å². The van der Waals surface area contributed by atoms with E-state index in [4.69, 9.17) is 23.4 Å². The summed E-state index contributed by atoms with van der Waals surface area (Å²) in [4.78, 5) is 137. The van der Waals surface area contributed by atoms with Gasteiger partial charge in [-0.25, -0.2) is 14.4 Å². The minimum absolute atomic E-state index is 0.000494. The molecule has 0 spiro atoms. The predicted octanol–water partition coefficient (Wildman–Crippen LogP) is 12.9. The Balaban J connectivity index is 1.31. The summed E-state index contributed by atoms with van der Waals surface area (Å²) in [6.07, 6.45) is 2.24. The number of fused-ring (bicyclic) bond motifs is 4. The van der Waals surface area contributed by atoms with Crippen LogP contribution in [0.15, 0.2) is 164 Å². The number of carbonyl (C=O) groups excluding carboxylic acids is 9. The van der Waals surface area contributed by atoms with Crippen molar-refractivity contribution in [1.29, 1.82) is 0 Å². The average Bonchev–Trinajstić information content (AvgIpc) is 1.59. The van der Waals surface area contributed by atoms with Gasteiger partial charge in [-0.15, -0.1) is 6.58 Å². The number of alkyl carbamates (subject to hydrolysis) is 1. The Labute approximate surface area is 639 Å². The maximum atomic E-state index is 16.8. The van der Waals surface area contributed by atoms with Gasteiger partial charge in [0.15, 0.2) is 14.4 Å². The van der Waals surface area contributed by atoms with Crippen LogP contribution in [-0.2, 0) is 62.5 Å². The Hall–Kier alpha value is -9.71. The lowest BCUT2D eigenvalue weighted by atomic mass is 9.94. The van der Waals surface area contributed by atoms with Crippen LogP contribution >= 0.6 is 0 Å². The number of benzene rings is 5. The summed E-state index contributed by atoms with van der Waals surface area (Å²) in [6, 6.07) is 30.8. The van der Waals surface area contributed by atoms with Gasteiger partial charge in [-0.2, -0.15) is 0 Å². The van der Waals surface area contributed by atoms with Gasteiger partial charge in [-0.05, 0) is 129 Å². The normalized spacial score (nSPS) is 15.4. The third-order valence-corrected chi connectivity index (χ3v) is 25.2. The number of para-hydroxylation sites is 1. The van der Waals surface area contributed by atoms with Crippen molar-refractivity contribution in [3.8, 4) is 11.1 Å². The zero-order valence-corrected chi connectivity index (χ0v) is 67.6. The molecule has 0 bridgehead atoms. The molecule has 7 amide bonds. The van der Waals surface area contributed by atoms with E-state index in [1.54, 1.807) is 94.4 Å². The Bertz CT molecular complexity index is 4140. The number of carbonyl (C=O) groups is 9. The number of likely N-dealkylation sites (N-methyl/N-ethyl adjacent to an activating group) is 2. The number of methoxy groups -OCH3 is 2. The van der Waals surface area contributed by atoms with Crippen LogP contribution in [0.3, 0.4) is 0 Å². The molecule has 0 saturated carbocycles. The number of hydrogen-bond acceptors (Lipinski definition) is 14. The van der Waals surface area contributed by atoms with E-state index in [0.717, 1.165) is 33.3 Å². The Morgan fingerprint density at radius 1 is 0.593 bits per heavy atom. The van der Waals surface area contributed by atoms with Gasteiger partial charge in [-0.1, -0.05) is 195 Å². The molecule has 0 unspecified atom stereocenters. The Morgan fingerprint density at radius 2 is 1.11 bits per heavy atom. The monoisotopic (exact) mass is 1500 g/mol. The van der Waals surface area contributed by atoms with Crippen molar-refractivity contribution < 1.29 is 66.5 Å². The second-order valence-corrected chi connectivity index (χ2v) is 36.3. The molecule has 108 heavy (non-hydrogen) atoms. The van der Waals surface area contributed by atoms with E-state index >= 15 is 24.0 Å². The number of hydrogen-bond donors (Lipinski definition) is 5. The molecule has 11 atom stereocenters. The first-order valence-corrected chi connectivity index (χ1v) is 40.1. The maximum absolute atomic E-state index is 16.8. The number of nitrogens with zero attached hydrogens (tertiary/aromatic N) is 3. The molecule has 0 saturated heterocycles. The molecule has 0 aliphatic heterocycles. The van der Waals surface area contributed by atoms with Crippen LogP contribution in [-0.4, -0.2) is 160 Å². The molecular formula is C85H114N8O14Si. The van der Waals surface area contributed by atoms with Gasteiger partial charge < -0.3 is 64.3 Å². The SMILES string of the molecule is C=CC(C)(C)n1cc([C@@H](O[Si](C)(C)C(C)(C)C)[C@H](NC(=O)[C@@H](NC(=O)[C@H](CC(C)C)N(C)C(=O)[C@@H](NC(=O)OCC2c3ccccc3-c3ccccc32)C(C)C)[C@H](C)C=C(C)C)C(=O)N(C)[C@@H](C[C@@H](C)COC(=O)c2ccccc2)C(=O)N[C@@H](C)C(=O)N[C@H](C(=O)OC)[C@H](OC)c2ccccc2)c2ccccc21. The zero-order valence-electron chi connectivity index (χ0n) is 66.6. The fourth-order valence-electron chi connectivity index (χ4n) is 13.5. The third-order valence-electron chi connectivity index (χ3n) is 20.8. The molecule has 5 N–H and O–H groups in total. The molecule has 7 rings (SSSR count). The predicted molar refractivity (Wildman–Crippen MR) is 423 cm³/mol. The first-order chi connectivity index (χ1) is 50.9. The number of ether oxygens (including phenoxy) is 4. The van der Waals surface area contributed by atoms with E-state index in [-0.39, 0.29) is 43.5 Å². The molecule has 1 aliphatic rings. The fourth-order valence-corrected chi connectivity index (χ4v) is 14.7. The summed E-state index contributed by atoms with van der Waals surface area (Å²) in [5, 5.41) is 14.7. The van der Waals surface area contributed by atoms with Crippen LogP contribution in [0.1, 0.15) is 161 Å². The van der Waals surface area contributed by atoms with Crippen molar-refractivity contribution >= 4 is 72.7 Å². The second kappa shape index (κ2) is 37.4.